The van der Waals surface area contributed by atoms with Crippen LogP contribution in [-0.2, 0) is 4.74 Å². The SMILES string of the molecule is CC1(CCC(F)(F)C(F)(F)C(F)(F)C(F)(F)C(F)(F)C(F)(F)C(F)(F)F)COC1. The third-order valence-corrected chi connectivity index (χ3v) is 4.34. The lowest BCUT2D eigenvalue weighted by atomic mass is 9.80. The van der Waals surface area contributed by atoms with E-state index in [0.29, 0.717) is 0 Å². The molecule has 0 atom stereocenters. The third kappa shape index (κ3) is 3.62. The first-order chi connectivity index (χ1) is 12.4. The minimum atomic E-state index is -8.23. The zero-order valence-electron chi connectivity index (χ0n) is 13.9. The Morgan fingerprint density at radius 1 is 0.586 bits per heavy atom. The minimum absolute atomic E-state index is 0.322. The Morgan fingerprint density at radius 2 is 0.931 bits per heavy atom. The zero-order chi connectivity index (χ0) is 23.5. The van der Waals surface area contributed by atoms with Crippen LogP contribution in [0.1, 0.15) is 19.8 Å². The molecule has 0 N–H and O–H groups in total. The summed E-state index contributed by atoms with van der Waals surface area (Å²) in [6, 6.07) is 0. The van der Waals surface area contributed by atoms with Crippen molar-refractivity contribution in [1.29, 1.82) is 0 Å². The normalized spacial score (nSPS) is 19.9. The largest absolute Gasteiger partial charge is 0.460 e. The average molecular weight is 468 g/mol. The van der Waals surface area contributed by atoms with Gasteiger partial charge in [-0.25, -0.2) is 0 Å². The quantitative estimate of drug-likeness (QED) is 0.387. The molecule has 1 fully saturated rings. The molecule has 174 valence electrons. The highest BCUT2D eigenvalue weighted by Crippen LogP contribution is 2.63. The first-order valence-electron chi connectivity index (χ1n) is 7.33. The van der Waals surface area contributed by atoms with E-state index < -0.39 is 60.0 Å². The molecule has 1 rings (SSSR count). The predicted octanol–water partition coefficient (Wildman–Crippen LogP) is 6.18. The molecule has 0 amide bonds. The van der Waals surface area contributed by atoms with Crippen molar-refractivity contribution in [3.63, 3.8) is 0 Å². The van der Waals surface area contributed by atoms with E-state index in [1.165, 1.54) is 0 Å². The first kappa shape index (κ1) is 25.9. The summed E-state index contributed by atoms with van der Waals surface area (Å²) in [4.78, 5) is 0. The van der Waals surface area contributed by atoms with E-state index in [9.17, 15) is 65.9 Å². The molecule has 0 saturated carbocycles. The minimum Gasteiger partial charge on any atom is -0.380 e. The van der Waals surface area contributed by atoms with Gasteiger partial charge in [0.05, 0.1) is 13.2 Å². The van der Waals surface area contributed by atoms with Gasteiger partial charge in [-0.05, 0) is 6.42 Å². The zero-order valence-corrected chi connectivity index (χ0v) is 13.9. The second-order valence-electron chi connectivity index (χ2n) is 6.88. The van der Waals surface area contributed by atoms with Crippen molar-refractivity contribution in [2.45, 2.75) is 61.5 Å². The maximum absolute atomic E-state index is 13.6. The molecule has 0 radical (unpaired) electrons. The van der Waals surface area contributed by atoms with Crippen molar-refractivity contribution >= 4 is 0 Å². The fourth-order valence-corrected chi connectivity index (χ4v) is 2.21. The smallest absolute Gasteiger partial charge is 0.380 e. The standard InChI is InChI=1S/C13H11F15O/c1-6(4-29-5-6)2-3-7(14,15)8(16,17)9(18,19)10(20,21)11(22,23)12(24,25)13(26,27)28/h2-5H2,1H3. The molecule has 0 aromatic rings. The third-order valence-electron chi connectivity index (χ3n) is 4.34. The van der Waals surface area contributed by atoms with Crippen molar-refractivity contribution in [1.82, 2.24) is 0 Å². The van der Waals surface area contributed by atoms with E-state index in [0.717, 1.165) is 6.92 Å². The van der Waals surface area contributed by atoms with Crippen LogP contribution in [0.25, 0.3) is 0 Å². The molecule has 1 heterocycles. The van der Waals surface area contributed by atoms with Crippen LogP contribution in [0.5, 0.6) is 0 Å². The second kappa shape index (κ2) is 6.70. The first-order valence-corrected chi connectivity index (χ1v) is 7.33. The number of hydrogen-bond donors (Lipinski definition) is 0. The molecule has 1 aliphatic rings. The number of alkyl halides is 15. The Labute approximate surface area is 152 Å². The summed E-state index contributed by atoms with van der Waals surface area (Å²) in [6.07, 6.45) is -11.0. The van der Waals surface area contributed by atoms with Gasteiger partial charge in [-0.3, -0.25) is 0 Å². The Bertz CT molecular complexity index is 602. The van der Waals surface area contributed by atoms with Gasteiger partial charge in [-0.15, -0.1) is 0 Å². The highest BCUT2D eigenvalue weighted by molar-refractivity contribution is 5.13. The fourth-order valence-electron chi connectivity index (χ4n) is 2.21. The van der Waals surface area contributed by atoms with E-state index in [-0.39, 0.29) is 13.2 Å². The van der Waals surface area contributed by atoms with Crippen molar-refractivity contribution < 1.29 is 70.6 Å². The maximum atomic E-state index is 13.6. The van der Waals surface area contributed by atoms with Crippen molar-refractivity contribution in [3.05, 3.63) is 0 Å². The maximum Gasteiger partial charge on any atom is 0.460 e. The molecule has 29 heavy (non-hydrogen) atoms. The molecule has 1 nitrogen and oxygen atoms in total. The van der Waals surface area contributed by atoms with Crippen LogP contribution in [0.2, 0.25) is 0 Å². The monoisotopic (exact) mass is 468 g/mol. The summed E-state index contributed by atoms with van der Waals surface area (Å²) in [6.45, 7) is 0.490. The molecule has 1 saturated heterocycles. The number of ether oxygens (including phenoxy) is 1. The summed E-state index contributed by atoms with van der Waals surface area (Å²) in [5.41, 5.74) is -1.27. The summed E-state index contributed by atoms with van der Waals surface area (Å²) in [7, 11) is 0. The van der Waals surface area contributed by atoms with Gasteiger partial charge in [-0.2, -0.15) is 65.9 Å². The average Bonchev–Trinajstić information content (AvgIpc) is 2.49. The Morgan fingerprint density at radius 3 is 1.24 bits per heavy atom. The van der Waals surface area contributed by atoms with Crippen LogP contribution < -0.4 is 0 Å². The molecule has 0 spiro atoms. The van der Waals surface area contributed by atoms with E-state index in [2.05, 4.69) is 4.74 Å². The molecule has 16 heteroatoms. The van der Waals surface area contributed by atoms with Gasteiger partial charge in [0.2, 0.25) is 0 Å². The Balaban J connectivity index is 3.33. The van der Waals surface area contributed by atoms with Crippen LogP contribution in [-0.4, -0.2) is 54.9 Å². The summed E-state index contributed by atoms with van der Waals surface area (Å²) >= 11 is 0. The molecule has 0 aliphatic carbocycles. The van der Waals surface area contributed by atoms with Gasteiger partial charge in [0, 0.05) is 11.8 Å². The van der Waals surface area contributed by atoms with Crippen LogP contribution in [0.3, 0.4) is 0 Å². The van der Waals surface area contributed by atoms with Crippen LogP contribution in [0.15, 0.2) is 0 Å². The highest BCUT2D eigenvalue weighted by atomic mass is 19.4. The fraction of sp³-hybridized carbons (Fsp3) is 1.00. The van der Waals surface area contributed by atoms with E-state index in [1.807, 2.05) is 0 Å². The molecule has 0 aromatic heterocycles. The van der Waals surface area contributed by atoms with Gasteiger partial charge in [0.15, 0.2) is 0 Å². The van der Waals surface area contributed by atoms with Crippen molar-refractivity contribution in [3.8, 4) is 0 Å². The lowest BCUT2D eigenvalue weighted by Crippen LogP contribution is -2.72. The summed E-state index contributed by atoms with van der Waals surface area (Å²) < 4.78 is 199. The number of halogens is 15. The lowest BCUT2D eigenvalue weighted by molar-refractivity contribution is -0.452. The van der Waals surface area contributed by atoms with Gasteiger partial charge >= 0.3 is 41.7 Å². The molecule has 0 aromatic carbocycles. The molecular formula is C13H11F15O. The van der Waals surface area contributed by atoms with E-state index >= 15 is 0 Å². The Hall–Kier alpha value is -1.09. The van der Waals surface area contributed by atoms with E-state index in [4.69, 9.17) is 0 Å². The van der Waals surface area contributed by atoms with Crippen molar-refractivity contribution in [2.24, 2.45) is 5.41 Å². The molecule has 1 aliphatic heterocycles. The number of rotatable bonds is 8. The van der Waals surface area contributed by atoms with Crippen molar-refractivity contribution in [2.75, 3.05) is 13.2 Å². The lowest BCUT2D eigenvalue weighted by Gasteiger charge is -2.43. The van der Waals surface area contributed by atoms with Gasteiger partial charge < -0.3 is 4.74 Å². The van der Waals surface area contributed by atoms with Crippen LogP contribution in [0.4, 0.5) is 65.9 Å². The second-order valence-corrected chi connectivity index (χ2v) is 6.88. The Kier molecular flexibility index (Phi) is 6.00. The van der Waals surface area contributed by atoms with Crippen LogP contribution in [0, 0.1) is 5.41 Å². The summed E-state index contributed by atoms with van der Waals surface area (Å²) in [5, 5.41) is 0. The molecule has 0 unspecified atom stereocenters. The van der Waals surface area contributed by atoms with Gasteiger partial charge in [-0.1, -0.05) is 6.92 Å². The van der Waals surface area contributed by atoms with E-state index in [1.54, 1.807) is 0 Å². The molecule has 0 bridgehead atoms. The molecular weight excluding hydrogens is 457 g/mol. The summed E-state index contributed by atoms with van der Waals surface area (Å²) in [5.74, 6) is -46.0. The predicted molar refractivity (Wildman–Crippen MR) is 63.9 cm³/mol. The van der Waals surface area contributed by atoms with Crippen LogP contribution >= 0.6 is 0 Å². The van der Waals surface area contributed by atoms with Gasteiger partial charge in [0.25, 0.3) is 0 Å². The topological polar surface area (TPSA) is 9.23 Å². The highest BCUT2D eigenvalue weighted by Gasteiger charge is 2.93. The number of hydrogen-bond acceptors (Lipinski definition) is 1. The van der Waals surface area contributed by atoms with Gasteiger partial charge in [0.1, 0.15) is 0 Å².